The lowest BCUT2D eigenvalue weighted by Crippen LogP contribution is -2.28. The van der Waals surface area contributed by atoms with Gasteiger partial charge in [-0.1, -0.05) is 41.0 Å². The zero-order valence-electron chi connectivity index (χ0n) is 11.6. The molecule has 1 atom stereocenters. The topological polar surface area (TPSA) is 46.9 Å². The number of nitrogens with zero attached hydrogens (tertiary/aromatic N) is 2. The Bertz CT molecular complexity index is 645. The molecule has 0 bridgehead atoms. The zero-order valence-corrected chi connectivity index (χ0v) is 14.0. The fourth-order valence-electron chi connectivity index (χ4n) is 1.83. The van der Waals surface area contributed by atoms with Crippen molar-refractivity contribution in [2.75, 3.05) is 5.75 Å². The van der Waals surface area contributed by atoms with Crippen LogP contribution in [0.5, 0.6) is 0 Å². The third-order valence-electron chi connectivity index (χ3n) is 2.92. The molecule has 0 radical (unpaired) electrons. The maximum absolute atomic E-state index is 12.0. The molecule has 1 aromatic carbocycles. The van der Waals surface area contributed by atoms with E-state index in [1.807, 2.05) is 30.8 Å². The van der Waals surface area contributed by atoms with Gasteiger partial charge in [0.25, 0.3) is 0 Å². The molecule has 0 saturated heterocycles. The quantitative estimate of drug-likeness (QED) is 0.842. The van der Waals surface area contributed by atoms with E-state index in [0.29, 0.717) is 15.8 Å². The molecular formula is C14H15Cl2N3OS. The van der Waals surface area contributed by atoms with Crippen molar-refractivity contribution in [2.24, 2.45) is 7.05 Å². The predicted octanol–water partition coefficient (Wildman–Crippen LogP) is 3.70. The van der Waals surface area contributed by atoms with E-state index in [0.717, 1.165) is 10.7 Å². The van der Waals surface area contributed by atoms with Gasteiger partial charge in [0, 0.05) is 29.5 Å². The number of rotatable bonds is 5. The van der Waals surface area contributed by atoms with Crippen LogP contribution >= 0.6 is 35.0 Å². The lowest BCUT2D eigenvalue weighted by atomic mass is 10.1. The number of aryl methyl sites for hydroxylation is 1. The number of nitrogens with one attached hydrogen (secondary N) is 1. The molecule has 0 spiro atoms. The normalized spacial score (nSPS) is 12.2. The second-order valence-electron chi connectivity index (χ2n) is 4.56. The Morgan fingerprint density at radius 3 is 2.86 bits per heavy atom. The van der Waals surface area contributed by atoms with Crippen molar-refractivity contribution in [3.63, 3.8) is 0 Å². The zero-order chi connectivity index (χ0) is 15.4. The number of carbonyl (C=O) groups is 1. The Balaban J connectivity index is 1.91. The first kappa shape index (κ1) is 16.2. The number of carbonyl (C=O) groups excluding carboxylic acids is 1. The highest BCUT2D eigenvalue weighted by Crippen LogP contribution is 2.26. The van der Waals surface area contributed by atoms with Crippen molar-refractivity contribution in [3.8, 4) is 0 Å². The summed E-state index contributed by atoms with van der Waals surface area (Å²) in [7, 11) is 1.89. The first-order chi connectivity index (χ1) is 9.97. The number of amides is 1. The van der Waals surface area contributed by atoms with Gasteiger partial charge in [-0.25, -0.2) is 4.98 Å². The van der Waals surface area contributed by atoms with Crippen LogP contribution < -0.4 is 5.32 Å². The molecule has 1 N–H and O–H groups in total. The highest BCUT2D eigenvalue weighted by atomic mass is 35.5. The van der Waals surface area contributed by atoms with Crippen molar-refractivity contribution in [2.45, 2.75) is 18.1 Å². The molecular weight excluding hydrogens is 329 g/mol. The Morgan fingerprint density at radius 2 is 2.24 bits per heavy atom. The second kappa shape index (κ2) is 7.20. The number of hydrogen-bond acceptors (Lipinski definition) is 3. The van der Waals surface area contributed by atoms with E-state index in [4.69, 9.17) is 23.2 Å². The Hall–Kier alpha value is -1.17. The van der Waals surface area contributed by atoms with Crippen molar-refractivity contribution in [1.82, 2.24) is 14.9 Å². The van der Waals surface area contributed by atoms with Crippen LogP contribution in [-0.4, -0.2) is 21.2 Å². The summed E-state index contributed by atoms with van der Waals surface area (Å²) in [6, 6.07) is 5.07. The molecule has 2 aromatic rings. The van der Waals surface area contributed by atoms with Gasteiger partial charge < -0.3 is 9.88 Å². The monoisotopic (exact) mass is 343 g/mol. The largest absolute Gasteiger partial charge is 0.349 e. The number of thioether (sulfide) groups is 1. The number of imidazole rings is 1. The van der Waals surface area contributed by atoms with Gasteiger partial charge in [-0.3, -0.25) is 4.79 Å². The standard InChI is InChI=1S/C14H15Cl2N3OS/c1-9(11-4-3-10(15)7-12(11)16)18-13(20)8-21-14-17-5-6-19(14)2/h3-7,9H,8H2,1-2H3,(H,18,20)/t9-/m1/s1. The number of hydrogen-bond donors (Lipinski definition) is 1. The minimum atomic E-state index is -0.177. The van der Waals surface area contributed by atoms with E-state index in [-0.39, 0.29) is 11.9 Å². The summed E-state index contributed by atoms with van der Waals surface area (Å²) in [5.74, 6) is 0.238. The fourth-order valence-corrected chi connectivity index (χ4v) is 3.15. The number of aromatic nitrogens is 2. The molecule has 0 saturated carbocycles. The van der Waals surface area contributed by atoms with E-state index < -0.39 is 0 Å². The molecule has 0 aliphatic heterocycles. The van der Waals surface area contributed by atoms with E-state index in [2.05, 4.69) is 10.3 Å². The maximum atomic E-state index is 12.0. The van der Waals surface area contributed by atoms with Crippen molar-refractivity contribution >= 4 is 40.9 Å². The summed E-state index contributed by atoms with van der Waals surface area (Å²) in [6.07, 6.45) is 3.55. The summed E-state index contributed by atoms with van der Waals surface area (Å²) >= 11 is 13.4. The molecule has 0 aliphatic carbocycles. The summed E-state index contributed by atoms with van der Waals surface area (Å²) in [4.78, 5) is 16.1. The van der Waals surface area contributed by atoms with Gasteiger partial charge in [0.2, 0.25) is 5.91 Å². The lowest BCUT2D eigenvalue weighted by molar-refractivity contribution is -0.119. The van der Waals surface area contributed by atoms with Crippen LogP contribution in [0.3, 0.4) is 0 Å². The van der Waals surface area contributed by atoms with Crippen LogP contribution in [0.4, 0.5) is 0 Å². The van der Waals surface area contributed by atoms with Crippen molar-refractivity contribution < 1.29 is 4.79 Å². The third kappa shape index (κ3) is 4.40. The predicted molar refractivity (Wildman–Crippen MR) is 87.0 cm³/mol. The van der Waals surface area contributed by atoms with Crippen molar-refractivity contribution in [1.29, 1.82) is 0 Å². The molecule has 4 nitrogen and oxygen atoms in total. The van der Waals surface area contributed by atoms with Crippen LogP contribution in [0.25, 0.3) is 0 Å². The summed E-state index contributed by atoms with van der Waals surface area (Å²) < 4.78 is 1.87. The van der Waals surface area contributed by atoms with Gasteiger partial charge in [0.15, 0.2) is 5.16 Å². The highest BCUT2D eigenvalue weighted by Gasteiger charge is 2.13. The van der Waals surface area contributed by atoms with Gasteiger partial charge in [0.05, 0.1) is 11.8 Å². The Kier molecular flexibility index (Phi) is 5.56. The van der Waals surface area contributed by atoms with E-state index in [1.54, 1.807) is 18.3 Å². The molecule has 21 heavy (non-hydrogen) atoms. The maximum Gasteiger partial charge on any atom is 0.230 e. The van der Waals surface area contributed by atoms with E-state index >= 15 is 0 Å². The second-order valence-corrected chi connectivity index (χ2v) is 6.35. The molecule has 1 amide bonds. The smallest absolute Gasteiger partial charge is 0.230 e. The lowest BCUT2D eigenvalue weighted by Gasteiger charge is -2.15. The van der Waals surface area contributed by atoms with Crippen LogP contribution in [0.2, 0.25) is 10.0 Å². The first-order valence-electron chi connectivity index (χ1n) is 6.32. The van der Waals surface area contributed by atoms with Gasteiger partial charge in [-0.05, 0) is 24.6 Å². The average molecular weight is 344 g/mol. The molecule has 2 rings (SSSR count). The first-order valence-corrected chi connectivity index (χ1v) is 8.06. The molecule has 7 heteroatoms. The summed E-state index contributed by atoms with van der Waals surface area (Å²) in [5, 5.41) is 4.85. The average Bonchev–Trinajstić information content (AvgIpc) is 2.81. The SMILES string of the molecule is C[C@@H](NC(=O)CSc1nccn1C)c1ccc(Cl)cc1Cl. The molecule has 1 heterocycles. The highest BCUT2D eigenvalue weighted by molar-refractivity contribution is 7.99. The van der Waals surface area contributed by atoms with Gasteiger partial charge in [-0.15, -0.1) is 0 Å². The molecule has 0 aliphatic rings. The summed E-state index contributed by atoms with van der Waals surface area (Å²) in [5.41, 5.74) is 0.844. The van der Waals surface area contributed by atoms with Crippen molar-refractivity contribution in [3.05, 3.63) is 46.2 Å². The van der Waals surface area contributed by atoms with Gasteiger partial charge >= 0.3 is 0 Å². The fraction of sp³-hybridized carbons (Fsp3) is 0.286. The van der Waals surface area contributed by atoms with Crippen LogP contribution in [0.1, 0.15) is 18.5 Å². The minimum absolute atomic E-state index is 0.0680. The summed E-state index contributed by atoms with van der Waals surface area (Å²) in [6.45, 7) is 1.89. The third-order valence-corrected chi connectivity index (χ3v) is 4.54. The van der Waals surface area contributed by atoms with Crippen LogP contribution in [-0.2, 0) is 11.8 Å². The number of halogens is 2. The minimum Gasteiger partial charge on any atom is -0.349 e. The van der Waals surface area contributed by atoms with Crippen LogP contribution in [0.15, 0.2) is 35.7 Å². The molecule has 0 unspecified atom stereocenters. The van der Waals surface area contributed by atoms with Gasteiger partial charge in [0.1, 0.15) is 0 Å². The molecule has 112 valence electrons. The Labute approximate surface area is 137 Å². The van der Waals surface area contributed by atoms with Crippen LogP contribution in [0, 0.1) is 0 Å². The van der Waals surface area contributed by atoms with E-state index in [9.17, 15) is 4.79 Å². The Morgan fingerprint density at radius 1 is 1.48 bits per heavy atom. The number of benzene rings is 1. The molecule has 1 aromatic heterocycles. The molecule has 0 fully saturated rings. The van der Waals surface area contributed by atoms with Gasteiger partial charge in [-0.2, -0.15) is 0 Å². The van der Waals surface area contributed by atoms with E-state index in [1.165, 1.54) is 11.8 Å².